The third-order valence-corrected chi connectivity index (χ3v) is 5.61. The Labute approximate surface area is 179 Å². The quantitative estimate of drug-likeness (QED) is 0.655. The molecular weight excluding hydrogens is 374 g/mol. The van der Waals surface area contributed by atoms with Crippen molar-refractivity contribution in [1.82, 2.24) is 5.32 Å². The van der Waals surface area contributed by atoms with Crippen molar-refractivity contribution in [3.05, 3.63) is 65.7 Å². The number of amides is 2. The van der Waals surface area contributed by atoms with E-state index in [0.717, 1.165) is 36.1 Å². The number of aliphatic imine (C=N–C) groups is 1. The Bertz CT molecular complexity index is 908. The van der Waals surface area contributed by atoms with Gasteiger partial charge in [-0.3, -0.25) is 9.59 Å². The number of rotatable bonds is 8. The zero-order chi connectivity index (χ0) is 21.5. The van der Waals surface area contributed by atoms with Crippen molar-refractivity contribution >= 4 is 23.2 Å². The highest BCUT2D eigenvalue weighted by molar-refractivity contribution is 6.20. The Morgan fingerprint density at radius 1 is 1.07 bits per heavy atom. The molecule has 0 bridgehead atoms. The first-order chi connectivity index (χ1) is 14.5. The van der Waals surface area contributed by atoms with Crippen molar-refractivity contribution in [3.63, 3.8) is 0 Å². The molecule has 0 saturated heterocycles. The van der Waals surface area contributed by atoms with E-state index < -0.39 is 6.17 Å². The molecule has 30 heavy (non-hydrogen) atoms. The predicted octanol–water partition coefficient (Wildman–Crippen LogP) is 4.55. The molecule has 1 unspecified atom stereocenters. The predicted molar refractivity (Wildman–Crippen MR) is 122 cm³/mol. The SMILES string of the molecule is CCCCCCC(C)C(=O)N[C@H]1N=C(c2ccccc2)c2ccccc2N(C)C1=O. The number of anilines is 1. The summed E-state index contributed by atoms with van der Waals surface area (Å²) in [4.78, 5) is 32.3. The summed E-state index contributed by atoms with van der Waals surface area (Å²) in [5, 5.41) is 2.90. The Balaban J connectivity index is 1.87. The highest BCUT2D eigenvalue weighted by atomic mass is 16.2. The van der Waals surface area contributed by atoms with Crippen LogP contribution in [0.2, 0.25) is 0 Å². The van der Waals surface area contributed by atoms with Crippen LogP contribution in [0.4, 0.5) is 5.69 Å². The van der Waals surface area contributed by atoms with Crippen LogP contribution >= 0.6 is 0 Å². The monoisotopic (exact) mass is 405 g/mol. The second kappa shape index (κ2) is 10.2. The van der Waals surface area contributed by atoms with Crippen LogP contribution in [0.1, 0.15) is 57.1 Å². The zero-order valence-corrected chi connectivity index (χ0v) is 18.1. The largest absolute Gasteiger partial charge is 0.326 e. The van der Waals surface area contributed by atoms with E-state index in [1.165, 1.54) is 12.8 Å². The van der Waals surface area contributed by atoms with Gasteiger partial charge in [0.25, 0.3) is 5.91 Å². The van der Waals surface area contributed by atoms with Gasteiger partial charge in [0.2, 0.25) is 12.1 Å². The number of para-hydroxylation sites is 1. The number of carbonyl (C=O) groups excluding carboxylic acids is 2. The van der Waals surface area contributed by atoms with Gasteiger partial charge in [-0.1, -0.05) is 88.1 Å². The van der Waals surface area contributed by atoms with E-state index in [0.29, 0.717) is 5.71 Å². The zero-order valence-electron chi connectivity index (χ0n) is 18.1. The number of benzodiazepines with no additional fused rings is 1. The molecule has 5 nitrogen and oxygen atoms in total. The molecule has 3 rings (SSSR count). The Hall–Kier alpha value is -2.95. The highest BCUT2D eigenvalue weighted by Crippen LogP contribution is 2.27. The smallest absolute Gasteiger partial charge is 0.272 e. The van der Waals surface area contributed by atoms with Crippen LogP contribution in [0.15, 0.2) is 59.6 Å². The number of benzene rings is 2. The van der Waals surface area contributed by atoms with Gasteiger partial charge in [-0.25, -0.2) is 4.99 Å². The average Bonchev–Trinajstić information content (AvgIpc) is 2.88. The lowest BCUT2D eigenvalue weighted by Crippen LogP contribution is -2.47. The van der Waals surface area contributed by atoms with Crippen molar-refractivity contribution in [3.8, 4) is 0 Å². The molecule has 1 aliphatic rings. The second-order valence-electron chi connectivity index (χ2n) is 7.92. The van der Waals surface area contributed by atoms with Crippen molar-refractivity contribution in [1.29, 1.82) is 0 Å². The van der Waals surface area contributed by atoms with Crippen LogP contribution in [-0.2, 0) is 9.59 Å². The number of likely N-dealkylation sites (N-methyl/N-ethyl adjacent to an activating group) is 1. The van der Waals surface area contributed by atoms with Gasteiger partial charge in [0, 0.05) is 24.1 Å². The molecule has 0 radical (unpaired) electrons. The molecule has 2 aromatic rings. The highest BCUT2D eigenvalue weighted by Gasteiger charge is 2.31. The summed E-state index contributed by atoms with van der Waals surface area (Å²) in [6, 6.07) is 17.5. The van der Waals surface area contributed by atoms with E-state index >= 15 is 0 Å². The van der Waals surface area contributed by atoms with Crippen molar-refractivity contribution in [2.24, 2.45) is 10.9 Å². The number of hydrogen-bond acceptors (Lipinski definition) is 3. The summed E-state index contributed by atoms with van der Waals surface area (Å²) in [6.45, 7) is 4.09. The lowest BCUT2D eigenvalue weighted by atomic mass is 10.0. The van der Waals surface area contributed by atoms with E-state index in [1.807, 2.05) is 61.5 Å². The molecule has 0 spiro atoms. The summed E-state index contributed by atoms with van der Waals surface area (Å²) in [5.74, 6) is -0.513. The van der Waals surface area contributed by atoms with Crippen LogP contribution in [0.5, 0.6) is 0 Å². The minimum absolute atomic E-state index is 0.125. The van der Waals surface area contributed by atoms with E-state index in [1.54, 1.807) is 11.9 Å². The molecule has 0 saturated carbocycles. The molecule has 0 fully saturated rings. The van der Waals surface area contributed by atoms with E-state index in [2.05, 4.69) is 12.2 Å². The maximum atomic E-state index is 13.1. The lowest BCUT2D eigenvalue weighted by molar-refractivity contribution is -0.129. The summed E-state index contributed by atoms with van der Waals surface area (Å²) in [6.07, 6.45) is 4.38. The summed E-state index contributed by atoms with van der Waals surface area (Å²) in [5.41, 5.74) is 3.29. The minimum Gasteiger partial charge on any atom is -0.326 e. The Morgan fingerprint density at radius 3 is 2.50 bits per heavy atom. The van der Waals surface area contributed by atoms with Gasteiger partial charge in [-0.2, -0.15) is 0 Å². The third kappa shape index (κ3) is 4.96. The summed E-state index contributed by atoms with van der Waals surface area (Å²) in [7, 11) is 1.73. The molecule has 0 aliphatic carbocycles. The third-order valence-electron chi connectivity index (χ3n) is 5.61. The molecule has 2 aromatic carbocycles. The molecule has 2 atom stereocenters. The van der Waals surface area contributed by atoms with Gasteiger partial charge >= 0.3 is 0 Å². The van der Waals surface area contributed by atoms with Gasteiger partial charge in [0.1, 0.15) is 0 Å². The maximum absolute atomic E-state index is 13.1. The van der Waals surface area contributed by atoms with Crippen LogP contribution in [0.25, 0.3) is 0 Å². The normalized spacial score (nSPS) is 17.0. The van der Waals surface area contributed by atoms with Crippen LogP contribution in [0.3, 0.4) is 0 Å². The molecule has 1 heterocycles. The minimum atomic E-state index is -0.941. The molecule has 1 aliphatic heterocycles. The second-order valence-corrected chi connectivity index (χ2v) is 7.92. The van der Waals surface area contributed by atoms with E-state index in [4.69, 9.17) is 4.99 Å². The van der Waals surface area contributed by atoms with Crippen LogP contribution < -0.4 is 10.2 Å². The molecule has 5 heteroatoms. The number of carbonyl (C=O) groups is 2. The topological polar surface area (TPSA) is 61.8 Å². The fraction of sp³-hybridized carbons (Fsp3) is 0.400. The lowest BCUT2D eigenvalue weighted by Gasteiger charge is -2.22. The number of fused-ring (bicyclic) bond motifs is 1. The molecule has 2 amide bonds. The molecule has 158 valence electrons. The van der Waals surface area contributed by atoms with Gasteiger partial charge in [-0.05, 0) is 12.5 Å². The van der Waals surface area contributed by atoms with Gasteiger partial charge in [0.05, 0.1) is 11.4 Å². The first kappa shape index (κ1) is 21.8. The number of nitrogens with one attached hydrogen (secondary N) is 1. The Morgan fingerprint density at radius 2 is 1.77 bits per heavy atom. The molecular formula is C25H31N3O2. The van der Waals surface area contributed by atoms with Gasteiger partial charge in [0.15, 0.2) is 0 Å². The standard InChI is InChI=1S/C25H31N3O2/c1-4-5-6-8-13-18(2)24(29)27-23-25(30)28(3)21-17-12-11-16-20(21)22(26-23)19-14-9-7-10-15-19/h7,9-12,14-18,23H,4-6,8,13H2,1-3H3,(H,27,29)/t18?,23-/m1/s1. The van der Waals surface area contributed by atoms with Crippen molar-refractivity contribution in [2.45, 2.75) is 52.1 Å². The molecule has 0 aromatic heterocycles. The summed E-state index contributed by atoms with van der Waals surface area (Å²) < 4.78 is 0. The fourth-order valence-electron chi connectivity index (χ4n) is 3.73. The first-order valence-electron chi connectivity index (χ1n) is 10.8. The van der Waals surface area contributed by atoms with Crippen molar-refractivity contribution < 1.29 is 9.59 Å². The van der Waals surface area contributed by atoms with Crippen LogP contribution in [0, 0.1) is 5.92 Å². The van der Waals surface area contributed by atoms with E-state index in [9.17, 15) is 9.59 Å². The first-order valence-corrected chi connectivity index (χ1v) is 10.8. The number of nitrogens with zero attached hydrogens (tertiary/aromatic N) is 2. The Kier molecular flexibility index (Phi) is 7.39. The van der Waals surface area contributed by atoms with Gasteiger partial charge in [-0.15, -0.1) is 0 Å². The number of unbranched alkanes of at least 4 members (excludes halogenated alkanes) is 3. The van der Waals surface area contributed by atoms with Crippen LogP contribution in [-0.4, -0.2) is 30.7 Å². The maximum Gasteiger partial charge on any atom is 0.272 e. The molecule has 1 N–H and O–H groups in total. The fourth-order valence-corrected chi connectivity index (χ4v) is 3.73. The van der Waals surface area contributed by atoms with Gasteiger partial charge < -0.3 is 10.2 Å². The van der Waals surface area contributed by atoms with Crippen molar-refractivity contribution in [2.75, 3.05) is 11.9 Å². The number of hydrogen-bond donors (Lipinski definition) is 1. The summed E-state index contributed by atoms with van der Waals surface area (Å²) >= 11 is 0. The van der Waals surface area contributed by atoms with E-state index in [-0.39, 0.29) is 17.7 Å². The average molecular weight is 406 g/mol.